The molecule has 0 aromatic heterocycles. The molecule has 0 radical (unpaired) electrons. The number of ketones is 1. The predicted molar refractivity (Wildman–Crippen MR) is 69.0 cm³/mol. The fraction of sp³-hybridized carbons (Fsp3) is 0.462. The average molecular weight is 220 g/mol. The average Bonchev–Trinajstić information content (AvgIpc) is 2.26. The van der Waals surface area contributed by atoms with Crippen LogP contribution in [0.25, 0.3) is 0 Å². The maximum atomic E-state index is 11.4. The molecule has 0 aliphatic heterocycles. The van der Waals surface area contributed by atoms with Gasteiger partial charge in [-0.25, -0.2) is 0 Å². The van der Waals surface area contributed by atoms with Gasteiger partial charge in [-0.1, -0.05) is 6.92 Å². The Bertz CT molecular complexity index is 374. The molecule has 88 valence electrons. The Balaban J connectivity index is 3.05. The normalized spacial score (nSPS) is 10.2. The SMILES string of the molecule is CCCN(CC)c1ccc(N)c(C(C)=O)c1. The summed E-state index contributed by atoms with van der Waals surface area (Å²) >= 11 is 0. The van der Waals surface area contributed by atoms with Crippen LogP contribution < -0.4 is 10.6 Å². The van der Waals surface area contributed by atoms with Gasteiger partial charge >= 0.3 is 0 Å². The van der Waals surface area contributed by atoms with Gasteiger partial charge in [-0.3, -0.25) is 4.79 Å². The minimum absolute atomic E-state index is 0.0203. The van der Waals surface area contributed by atoms with Crippen LogP contribution in [0.2, 0.25) is 0 Å². The highest BCUT2D eigenvalue weighted by Gasteiger charge is 2.09. The summed E-state index contributed by atoms with van der Waals surface area (Å²) in [6.45, 7) is 7.74. The highest BCUT2D eigenvalue weighted by atomic mass is 16.1. The van der Waals surface area contributed by atoms with Crippen LogP contribution in [-0.2, 0) is 0 Å². The van der Waals surface area contributed by atoms with Crippen LogP contribution in [0.3, 0.4) is 0 Å². The van der Waals surface area contributed by atoms with Crippen molar-refractivity contribution in [1.82, 2.24) is 0 Å². The molecule has 0 spiro atoms. The number of Topliss-reactive ketones (excluding diaryl/α,β-unsaturated/α-hetero) is 1. The van der Waals surface area contributed by atoms with Crippen molar-refractivity contribution in [3.05, 3.63) is 23.8 Å². The van der Waals surface area contributed by atoms with E-state index in [1.165, 1.54) is 0 Å². The van der Waals surface area contributed by atoms with E-state index >= 15 is 0 Å². The number of nitrogens with zero attached hydrogens (tertiary/aromatic N) is 1. The van der Waals surface area contributed by atoms with Crippen molar-refractivity contribution < 1.29 is 4.79 Å². The molecule has 0 atom stereocenters. The lowest BCUT2D eigenvalue weighted by atomic mass is 10.1. The molecule has 3 nitrogen and oxygen atoms in total. The van der Waals surface area contributed by atoms with E-state index in [2.05, 4.69) is 18.7 Å². The van der Waals surface area contributed by atoms with Gasteiger partial charge < -0.3 is 10.6 Å². The van der Waals surface area contributed by atoms with Gasteiger partial charge in [0.05, 0.1) is 0 Å². The van der Waals surface area contributed by atoms with E-state index in [0.29, 0.717) is 11.3 Å². The number of nitrogens with two attached hydrogens (primary N) is 1. The minimum atomic E-state index is 0.0203. The van der Waals surface area contributed by atoms with Gasteiger partial charge in [0.15, 0.2) is 5.78 Å². The Morgan fingerprint density at radius 1 is 1.38 bits per heavy atom. The summed E-state index contributed by atoms with van der Waals surface area (Å²) in [5, 5.41) is 0. The molecule has 3 heteroatoms. The quantitative estimate of drug-likeness (QED) is 0.613. The van der Waals surface area contributed by atoms with Crippen molar-refractivity contribution in [1.29, 1.82) is 0 Å². The molecule has 1 aromatic carbocycles. The number of hydrogen-bond donors (Lipinski definition) is 1. The molecule has 2 N–H and O–H groups in total. The zero-order valence-corrected chi connectivity index (χ0v) is 10.3. The summed E-state index contributed by atoms with van der Waals surface area (Å²) in [4.78, 5) is 13.6. The van der Waals surface area contributed by atoms with Crippen molar-refractivity contribution in [3.63, 3.8) is 0 Å². The van der Waals surface area contributed by atoms with Gasteiger partial charge in [0, 0.05) is 30.0 Å². The summed E-state index contributed by atoms with van der Waals surface area (Å²) in [5.74, 6) is 0.0203. The second-order valence-electron chi connectivity index (χ2n) is 3.91. The number of hydrogen-bond acceptors (Lipinski definition) is 3. The first-order valence-electron chi connectivity index (χ1n) is 5.75. The summed E-state index contributed by atoms with van der Waals surface area (Å²) in [6.07, 6.45) is 1.09. The van der Waals surface area contributed by atoms with Crippen molar-refractivity contribution >= 4 is 17.2 Å². The molecule has 0 aliphatic rings. The molecule has 16 heavy (non-hydrogen) atoms. The third-order valence-electron chi connectivity index (χ3n) is 2.66. The molecule has 0 heterocycles. The third-order valence-corrected chi connectivity index (χ3v) is 2.66. The molecule has 0 amide bonds. The third kappa shape index (κ3) is 2.75. The second kappa shape index (κ2) is 5.54. The molecule has 0 unspecified atom stereocenters. The number of rotatable bonds is 5. The van der Waals surface area contributed by atoms with E-state index in [-0.39, 0.29) is 5.78 Å². The first-order chi connectivity index (χ1) is 7.60. The predicted octanol–water partition coefficient (Wildman–Crippen LogP) is 2.71. The Hall–Kier alpha value is -1.51. The van der Waals surface area contributed by atoms with Crippen molar-refractivity contribution in [2.45, 2.75) is 27.2 Å². The molecular formula is C13H20N2O. The van der Waals surface area contributed by atoms with E-state index < -0.39 is 0 Å². The smallest absolute Gasteiger partial charge is 0.161 e. The van der Waals surface area contributed by atoms with E-state index in [0.717, 1.165) is 25.2 Å². The molecule has 1 rings (SSSR count). The lowest BCUT2D eigenvalue weighted by Crippen LogP contribution is -2.23. The van der Waals surface area contributed by atoms with E-state index in [9.17, 15) is 4.79 Å². The van der Waals surface area contributed by atoms with Gasteiger partial charge in [0.2, 0.25) is 0 Å². The summed E-state index contributed by atoms with van der Waals surface area (Å²) in [7, 11) is 0. The van der Waals surface area contributed by atoms with Crippen LogP contribution >= 0.6 is 0 Å². The number of carbonyl (C=O) groups is 1. The van der Waals surface area contributed by atoms with Crippen LogP contribution in [0, 0.1) is 0 Å². The topological polar surface area (TPSA) is 46.3 Å². The molecular weight excluding hydrogens is 200 g/mol. The van der Waals surface area contributed by atoms with Gasteiger partial charge in [0.1, 0.15) is 0 Å². The second-order valence-corrected chi connectivity index (χ2v) is 3.91. The maximum Gasteiger partial charge on any atom is 0.161 e. The Morgan fingerprint density at radius 3 is 2.56 bits per heavy atom. The first-order valence-corrected chi connectivity index (χ1v) is 5.75. The number of benzene rings is 1. The number of nitrogen functional groups attached to an aromatic ring is 1. The van der Waals surface area contributed by atoms with Crippen LogP contribution in [0.15, 0.2) is 18.2 Å². The van der Waals surface area contributed by atoms with Crippen molar-refractivity contribution in [3.8, 4) is 0 Å². The minimum Gasteiger partial charge on any atom is -0.398 e. The Kier molecular flexibility index (Phi) is 4.35. The van der Waals surface area contributed by atoms with Crippen molar-refractivity contribution in [2.75, 3.05) is 23.7 Å². The van der Waals surface area contributed by atoms with Crippen LogP contribution in [0.1, 0.15) is 37.6 Å². The first kappa shape index (κ1) is 12.6. The molecule has 0 saturated heterocycles. The standard InChI is InChI=1S/C13H20N2O/c1-4-8-15(5-2)11-6-7-13(14)12(9-11)10(3)16/h6-7,9H,4-5,8,14H2,1-3H3. The number of carbonyl (C=O) groups excluding carboxylic acids is 1. The monoisotopic (exact) mass is 220 g/mol. The fourth-order valence-corrected chi connectivity index (χ4v) is 1.79. The fourth-order valence-electron chi connectivity index (χ4n) is 1.79. The maximum absolute atomic E-state index is 11.4. The summed E-state index contributed by atoms with van der Waals surface area (Å²) in [6, 6.07) is 5.67. The van der Waals surface area contributed by atoms with Gasteiger partial charge in [-0.2, -0.15) is 0 Å². The van der Waals surface area contributed by atoms with Gasteiger partial charge in [-0.15, -0.1) is 0 Å². The lowest BCUT2D eigenvalue weighted by molar-refractivity contribution is 0.101. The Morgan fingerprint density at radius 2 is 2.06 bits per heavy atom. The van der Waals surface area contributed by atoms with E-state index in [4.69, 9.17) is 5.73 Å². The van der Waals surface area contributed by atoms with Gasteiger partial charge in [-0.05, 0) is 38.5 Å². The molecule has 0 bridgehead atoms. The molecule has 0 saturated carbocycles. The van der Waals surface area contributed by atoms with Crippen LogP contribution in [0.5, 0.6) is 0 Å². The largest absolute Gasteiger partial charge is 0.398 e. The van der Waals surface area contributed by atoms with Gasteiger partial charge in [0.25, 0.3) is 0 Å². The van der Waals surface area contributed by atoms with Crippen LogP contribution in [-0.4, -0.2) is 18.9 Å². The number of anilines is 2. The lowest BCUT2D eigenvalue weighted by Gasteiger charge is -2.23. The summed E-state index contributed by atoms with van der Waals surface area (Å²) < 4.78 is 0. The summed E-state index contributed by atoms with van der Waals surface area (Å²) in [5.41, 5.74) is 8.02. The zero-order valence-electron chi connectivity index (χ0n) is 10.3. The highest BCUT2D eigenvalue weighted by molar-refractivity contribution is 6.00. The van der Waals surface area contributed by atoms with Crippen molar-refractivity contribution in [2.24, 2.45) is 0 Å². The molecule has 0 aliphatic carbocycles. The van der Waals surface area contributed by atoms with E-state index in [1.807, 2.05) is 18.2 Å². The van der Waals surface area contributed by atoms with E-state index in [1.54, 1.807) is 6.92 Å². The van der Waals surface area contributed by atoms with Crippen LogP contribution in [0.4, 0.5) is 11.4 Å². The Labute approximate surface area is 97.2 Å². The molecule has 1 aromatic rings. The highest BCUT2D eigenvalue weighted by Crippen LogP contribution is 2.21. The zero-order chi connectivity index (χ0) is 12.1. The molecule has 0 fully saturated rings.